The van der Waals surface area contributed by atoms with E-state index in [1.54, 1.807) is 7.11 Å². The minimum Gasteiger partial charge on any atom is -0.383 e. The number of ether oxygens (including phenoxy) is 1. The van der Waals surface area contributed by atoms with E-state index in [4.69, 9.17) is 10.5 Å². The first-order valence-corrected chi connectivity index (χ1v) is 6.75. The van der Waals surface area contributed by atoms with E-state index in [0.29, 0.717) is 6.04 Å². The topological polar surface area (TPSA) is 38.5 Å². The van der Waals surface area contributed by atoms with Crippen molar-refractivity contribution in [1.82, 2.24) is 0 Å². The van der Waals surface area contributed by atoms with Gasteiger partial charge in [0.25, 0.3) is 0 Å². The van der Waals surface area contributed by atoms with Crippen LogP contribution in [0.1, 0.15) is 38.8 Å². The predicted octanol–water partition coefficient (Wildman–Crippen LogP) is 2.96. The molecule has 0 aliphatic carbocycles. The van der Waals surface area contributed by atoms with Crippen molar-refractivity contribution in [3.05, 3.63) is 29.8 Å². The molecule has 2 atom stereocenters. The lowest BCUT2D eigenvalue weighted by Crippen LogP contribution is -2.36. The number of nitrogens with zero attached hydrogens (tertiary/aromatic N) is 1. The largest absolute Gasteiger partial charge is 0.383 e. The molecule has 102 valence electrons. The van der Waals surface area contributed by atoms with Gasteiger partial charge in [0.15, 0.2) is 0 Å². The highest BCUT2D eigenvalue weighted by molar-refractivity contribution is 5.48. The fourth-order valence-corrected chi connectivity index (χ4v) is 2.23. The molecule has 3 heteroatoms. The van der Waals surface area contributed by atoms with Crippen LogP contribution in [0.3, 0.4) is 0 Å². The normalized spacial score (nSPS) is 14.3. The van der Waals surface area contributed by atoms with Crippen molar-refractivity contribution in [3.8, 4) is 0 Å². The van der Waals surface area contributed by atoms with Crippen molar-refractivity contribution >= 4 is 5.69 Å². The van der Waals surface area contributed by atoms with Gasteiger partial charge >= 0.3 is 0 Å². The first kappa shape index (κ1) is 15.0. The molecule has 0 aromatic heterocycles. The third kappa shape index (κ3) is 3.72. The van der Waals surface area contributed by atoms with Gasteiger partial charge in [-0.2, -0.15) is 0 Å². The van der Waals surface area contributed by atoms with E-state index >= 15 is 0 Å². The minimum atomic E-state index is 0.144. The van der Waals surface area contributed by atoms with Gasteiger partial charge < -0.3 is 15.4 Å². The summed E-state index contributed by atoms with van der Waals surface area (Å²) in [6.45, 7) is 8.17. The van der Waals surface area contributed by atoms with Gasteiger partial charge in [-0.3, -0.25) is 0 Å². The average molecular weight is 250 g/mol. The Morgan fingerprint density at radius 3 is 2.28 bits per heavy atom. The summed E-state index contributed by atoms with van der Waals surface area (Å²) in [5.41, 5.74) is 8.46. The zero-order chi connectivity index (χ0) is 13.5. The first-order valence-electron chi connectivity index (χ1n) is 6.75. The van der Waals surface area contributed by atoms with Gasteiger partial charge in [-0.05, 0) is 38.0 Å². The highest BCUT2D eigenvalue weighted by Gasteiger charge is 2.13. The fraction of sp³-hybridized carbons (Fsp3) is 0.600. The molecule has 1 aromatic rings. The molecule has 0 radical (unpaired) electrons. The maximum Gasteiger partial charge on any atom is 0.0663 e. The van der Waals surface area contributed by atoms with E-state index in [1.807, 2.05) is 0 Å². The van der Waals surface area contributed by atoms with E-state index in [-0.39, 0.29) is 6.04 Å². The Bertz CT molecular complexity index is 337. The van der Waals surface area contributed by atoms with Crippen molar-refractivity contribution in [2.45, 2.75) is 39.3 Å². The molecule has 0 aliphatic heterocycles. The monoisotopic (exact) mass is 250 g/mol. The quantitative estimate of drug-likeness (QED) is 0.808. The Kier molecular flexibility index (Phi) is 6.16. The van der Waals surface area contributed by atoms with Crippen molar-refractivity contribution in [3.63, 3.8) is 0 Å². The van der Waals surface area contributed by atoms with Gasteiger partial charge in [0.05, 0.1) is 6.61 Å². The fourth-order valence-electron chi connectivity index (χ4n) is 2.23. The SMILES string of the molecule is CC[C@H](N)c1ccc(N(CC)C(C)COC)cc1. The Hall–Kier alpha value is -1.06. The minimum absolute atomic E-state index is 0.144. The van der Waals surface area contributed by atoms with Crippen LogP contribution in [0.15, 0.2) is 24.3 Å². The molecule has 1 aromatic carbocycles. The molecule has 3 nitrogen and oxygen atoms in total. The Balaban J connectivity index is 2.81. The molecular weight excluding hydrogens is 224 g/mol. The van der Waals surface area contributed by atoms with Gasteiger partial charge in [0.1, 0.15) is 0 Å². The molecule has 0 aliphatic rings. The lowest BCUT2D eigenvalue weighted by molar-refractivity contribution is 0.182. The molecule has 0 amide bonds. The van der Waals surface area contributed by atoms with E-state index in [2.05, 4.69) is 49.9 Å². The molecule has 0 saturated heterocycles. The summed E-state index contributed by atoms with van der Waals surface area (Å²) in [6.07, 6.45) is 0.969. The van der Waals surface area contributed by atoms with Crippen molar-refractivity contribution in [1.29, 1.82) is 0 Å². The number of anilines is 1. The molecule has 0 heterocycles. The molecule has 1 rings (SSSR count). The van der Waals surface area contributed by atoms with E-state index < -0.39 is 0 Å². The highest BCUT2D eigenvalue weighted by atomic mass is 16.5. The van der Waals surface area contributed by atoms with Gasteiger partial charge in [-0.15, -0.1) is 0 Å². The molecule has 2 N–H and O–H groups in total. The molecule has 18 heavy (non-hydrogen) atoms. The Morgan fingerprint density at radius 1 is 1.22 bits per heavy atom. The zero-order valence-electron chi connectivity index (χ0n) is 12.0. The summed E-state index contributed by atoms with van der Waals surface area (Å²) in [7, 11) is 1.74. The second-order valence-electron chi connectivity index (χ2n) is 4.70. The summed E-state index contributed by atoms with van der Waals surface area (Å²) >= 11 is 0. The smallest absolute Gasteiger partial charge is 0.0663 e. The van der Waals surface area contributed by atoms with Crippen LogP contribution in [0.5, 0.6) is 0 Å². The van der Waals surface area contributed by atoms with E-state index in [0.717, 1.165) is 19.6 Å². The number of benzene rings is 1. The van der Waals surface area contributed by atoms with E-state index in [9.17, 15) is 0 Å². The summed E-state index contributed by atoms with van der Waals surface area (Å²) in [5, 5.41) is 0. The van der Waals surface area contributed by atoms with Crippen LogP contribution in [0, 0.1) is 0 Å². The average Bonchev–Trinajstić information content (AvgIpc) is 2.40. The maximum absolute atomic E-state index is 6.03. The lowest BCUT2D eigenvalue weighted by atomic mass is 10.0. The van der Waals surface area contributed by atoms with Gasteiger partial charge in [0, 0.05) is 31.4 Å². The maximum atomic E-state index is 6.03. The third-order valence-corrected chi connectivity index (χ3v) is 3.37. The highest BCUT2D eigenvalue weighted by Crippen LogP contribution is 2.21. The van der Waals surface area contributed by atoms with Crippen LogP contribution < -0.4 is 10.6 Å². The number of hydrogen-bond donors (Lipinski definition) is 1. The number of hydrogen-bond acceptors (Lipinski definition) is 3. The number of nitrogens with two attached hydrogens (primary N) is 1. The van der Waals surface area contributed by atoms with Crippen LogP contribution in [0.2, 0.25) is 0 Å². The van der Waals surface area contributed by atoms with Crippen LogP contribution >= 0.6 is 0 Å². The molecule has 0 bridgehead atoms. The third-order valence-electron chi connectivity index (χ3n) is 3.37. The number of rotatable bonds is 7. The second-order valence-corrected chi connectivity index (χ2v) is 4.70. The first-order chi connectivity index (χ1) is 8.63. The summed E-state index contributed by atoms with van der Waals surface area (Å²) < 4.78 is 5.23. The summed E-state index contributed by atoms with van der Waals surface area (Å²) in [5.74, 6) is 0. The Morgan fingerprint density at radius 2 is 1.83 bits per heavy atom. The number of methoxy groups -OCH3 is 1. The zero-order valence-corrected chi connectivity index (χ0v) is 12.0. The lowest BCUT2D eigenvalue weighted by Gasteiger charge is -2.30. The van der Waals surface area contributed by atoms with Crippen molar-refractivity contribution in [2.24, 2.45) is 5.73 Å². The van der Waals surface area contributed by atoms with Crippen LogP contribution in [-0.4, -0.2) is 26.3 Å². The van der Waals surface area contributed by atoms with E-state index in [1.165, 1.54) is 11.3 Å². The molecule has 0 fully saturated rings. The van der Waals surface area contributed by atoms with Gasteiger partial charge in [0.2, 0.25) is 0 Å². The molecular formula is C15H26N2O. The van der Waals surface area contributed by atoms with Crippen molar-refractivity contribution in [2.75, 3.05) is 25.2 Å². The van der Waals surface area contributed by atoms with Gasteiger partial charge in [-0.25, -0.2) is 0 Å². The van der Waals surface area contributed by atoms with Crippen LogP contribution in [0.4, 0.5) is 5.69 Å². The molecule has 0 spiro atoms. The molecule has 1 unspecified atom stereocenters. The van der Waals surface area contributed by atoms with Crippen LogP contribution in [0.25, 0.3) is 0 Å². The Labute approximate surface area is 111 Å². The van der Waals surface area contributed by atoms with Crippen molar-refractivity contribution < 1.29 is 4.74 Å². The second kappa shape index (κ2) is 7.39. The molecule has 0 saturated carbocycles. The van der Waals surface area contributed by atoms with Gasteiger partial charge in [-0.1, -0.05) is 19.1 Å². The predicted molar refractivity (Wildman–Crippen MR) is 78.0 cm³/mol. The summed E-state index contributed by atoms with van der Waals surface area (Å²) in [6, 6.07) is 9.09. The standard InChI is InChI=1S/C15H26N2O/c1-5-15(16)13-7-9-14(10-8-13)17(6-2)12(3)11-18-4/h7-10,12,15H,5-6,11,16H2,1-4H3/t12?,15-/m0/s1. The van der Waals surface area contributed by atoms with Crippen LogP contribution in [-0.2, 0) is 4.74 Å². The number of likely N-dealkylation sites (N-methyl/N-ethyl adjacent to an activating group) is 1. The summed E-state index contributed by atoms with van der Waals surface area (Å²) in [4.78, 5) is 2.34.